The molecule has 0 heterocycles. The molecule has 1 fully saturated rings. The summed E-state index contributed by atoms with van der Waals surface area (Å²) >= 11 is 0. The van der Waals surface area contributed by atoms with E-state index in [2.05, 4.69) is 19.6 Å². The summed E-state index contributed by atoms with van der Waals surface area (Å²) in [6.45, 7) is 8.02. The number of hydrogen-bond donors (Lipinski definition) is 1. The van der Waals surface area contributed by atoms with E-state index in [9.17, 15) is 0 Å². The average Bonchev–Trinajstić information content (AvgIpc) is 1.80. The summed E-state index contributed by atoms with van der Waals surface area (Å²) in [5.74, 6) is 0.881. The van der Waals surface area contributed by atoms with Gasteiger partial charge in [-0.2, -0.15) is 0 Å². The van der Waals surface area contributed by atoms with Crippen LogP contribution < -0.4 is 5.73 Å². The first-order chi connectivity index (χ1) is 5.85. The number of halogens is 1. The molecule has 0 saturated heterocycles. The van der Waals surface area contributed by atoms with Gasteiger partial charge in [-0.25, -0.2) is 0 Å². The largest absolute Gasteiger partial charge is 0.383 e. The van der Waals surface area contributed by atoms with Crippen molar-refractivity contribution in [3.63, 3.8) is 0 Å². The van der Waals surface area contributed by atoms with Crippen LogP contribution in [0.4, 0.5) is 0 Å². The Labute approximate surface area is 95.0 Å². The highest BCUT2D eigenvalue weighted by atomic mass is 35.5. The zero-order valence-electron chi connectivity index (χ0n) is 9.80. The van der Waals surface area contributed by atoms with Gasteiger partial charge in [0.1, 0.15) is 0 Å². The Hall–Kier alpha value is 0.427. The van der Waals surface area contributed by atoms with Crippen LogP contribution in [0.15, 0.2) is 0 Å². The Morgan fingerprint density at radius 1 is 1.36 bits per heavy atom. The molecule has 1 aliphatic carbocycles. The average molecular weight is 238 g/mol. The molecule has 0 amide bonds. The molecule has 4 heteroatoms. The molecule has 14 heavy (non-hydrogen) atoms. The Morgan fingerprint density at radius 2 is 1.86 bits per heavy atom. The second-order valence-corrected chi connectivity index (χ2v) is 11.4. The highest BCUT2D eigenvalue weighted by Gasteiger charge is 2.42. The van der Waals surface area contributed by atoms with Crippen LogP contribution in [0.2, 0.25) is 25.7 Å². The number of methoxy groups -OCH3 is 1. The van der Waals surface area contributed by atoms with E-state index in [0.717, 1.165) is 12.5 Å². The molecule has 2 nitrogen and oxygen atoms in total. The molecular weight excluding hydrogens is 214 g/mol. The van der Waals surface area contributed by atoms with Gasteiger partial charge in [0.15, 0.2) is 0 Å². The van der Waals surface area contributed by atoms with E-state index in [0.29, 0.717) is 0 Å². The van der Waals surface area contributed by atoms with Crippen LogP contribution in [0.3, 0.4) is 0 Å². The smallest absolute Gasteiger partial charge is 0.0642 e. The van der Waals surface area contributed by atoms with Crippen molar-refractivity contribution in [3.05, 3.63) is 0 Å². The maximum absolute atomic E-state index is 6.11. The lowest BCUT2D eigenvalue weighted by Crippen LogP contribution is -2.56. The molecular formula is C10H24ClNOSi. The van der Waals surface area contributed by atoms with Gasteiger partial charge < -0.3 is 10.5 Å². The van der Waals surface area contributed by atoms with Crippen LogP contribution in [-0.4, -0.2) is 27.3 Å². The molecule has 1 rings (SSSR count). The molecule has 0 spiro atoms. The summed E-state index contributed by atoms with van der Waals surface area (Å²) in [5, 5.41) is 0. The Balaban J connectivity index is 0.00000169. The molecule has 0 bridgehead atoms. The quantitative estimate of drug-likeness (QED) is 0.763. The highest BCUT2D eigenvalue weighted by Crippen LogP contribution is 2.40. The normalized spacial score (nSPS) is 31.9. The molecule has 1 saturated carbocycles. The SMILES string of the molecule is COCC1(N)CC(C[Si](C)(C)C)C1.Cl. The van der Waals surface area contributed by atoms with Gasteiger partial charge >= 0.3 is 0 Å². The standard InChI is InChI=1S/C10H23NOSi.ClH/c1-12-8-10(11)5-9(6-10)7-13(2,3)4;/h9H,5-8,11H2,1-4H3;1H. The minimum absolute atomic E-state index is 0. The van der Waals surface area contributed by atoms with Crippen molar-refractivity contribution in [2.75, 3.05) is 13.7 Å². The summed E-state index contributed by atoms with van der Waals surface area (Å²) < 4.78 is 5.11. The maximum atomic E-state index is 6.11. The van der Waals surface area contributed by atoms with Gasteiger partial charge in [0.2, 0.25) is 0 Å². The van der Waals surface area contributed by atoms with E-state index in [1.807, 2.05) is 0 Å². The third-order valence-corrected chi connectivity index (χ3v) is 4.53. The van der Waals surface area contributed by atoms with E-state index in [-0.39, 0.29) is 17.9 Å². The van der Waals surface area contributed by atoms with Gasteiger partial charge in [-0.3, -0.25) is 0 Å². The third kappa shape index (κ3) is 4.30. The predicted octanol–water partition coefficient (Wildman–Crippen LogP) is 2.50. The lowest BCUT2D eigenvalue weighted by Gasteiger charge is -2.46. The molecule has 0 radical (unpaired) electrons. The van der Waals surface area contributed by atoms with Crippen molar-refractivity contribution in [2.24, 2.45) is 11.7 Å². The zero-order chi connectivity index (χ0) is 10.1. The van der Waals surface area contributed by atoms with Crippen molar-refractivity contribution >= 4 is 20.5 Å². The number of hydrogen-bond acceptors (Lipinski definition) is 2. The first-order valence-corrected chi connectivity index (χ1v) is 8.83. The topological polar surface area (TPSA) is 35.2 Å². The van der Waals surface area contributed by atoms with Crippen molar-refractivity contribution < 1.29 is 4.74 Å². The summed E-state index contributed by atoms with van der Waals surface area (Å²) in [6.07, 6.45) is 2.34. The van der Waals surface area contributed by atoms with E-state index in [4.69, 9.17) is 10.5 Å². The van der Waals surface area contributed by atoms with Crippen molar-refractivity contribution in [1.82, 2.24) is 0 Å². The van der Waals surface area contributed by atoms with Crippen molar-refractivity contribution in [3.8, 4) is 0 Å². The molecule has 0 aliphatic heterocycles. The van der Waals surface area contributed by atoms with E-state index in [1.165, 1.54) is 18.9 Å². The predicted molar refractivity (Wildman–Crippen MR) is 66.9 cm³/mol. The van der Waals surface area contributed by atoms with Crippen LogP contribution in [-0.2, 0) is 4.74 Å². The lowest BCUT2D eigenvalue weighted by atomic mass is 9.70. The monoisotopic (exact) mass is 237 g/mol. The molecule has 2 N–H and O–H groups in total. The molecule has 1 aliphatic rings. The van der Waals surface area contributed by atoms with Gasteiger partial charge in [-0.1, -0.05) is 25.7 Å². The van der Waals surface area contributed by atoms with Gasteiger partial charge in [0.05, 0.1) is 6.61 Å². The van der Waals surface area contributed by atoms with Crippen molar-refractivity contribution in [1.29, 1.82) is 0 Å². The van der Waals surface area contributed by atoms with Gasteiger partial charge in [0.25, 0.3) is 0 Å². The maximum Gasteiger partial charge on any atom is 0.0642 e. The van der Waals surface area contributed by atoms with E-state index in [1.54, 1.807) is 7.11 Å². The summed E-state index contributed by atoms with van der Waals surface area (Å²) in [5.41, 5.74) is 6.13. The third-order valence-electron chi connectivity index (χ3n) is 2.72. The minimum atomic E-state index is -0.872. The van der Waals surface area contributed by atoms with Crippen LogP contribution in [0.25, 0.3) is 0 Å². The fourth-order valence-corrected chi connectivity index (χ4v) is 4.53. The van der Waals surface area contributed by atoms with Crippen LogP contribution in [0, 0.1) is 5.92 Å². The number of ether oxygens (including phenoxy) is 1. The lowest BCUT2D eigenvalue weighted by molar-refractivity contribution is 0.0520. The van der Waals surface area contributed by atoms with Gasteiger partial charge in [-0.05, 0) is 18.8 Å². The van der Waals surface area contributed by atoms with Crippen molar-refractivity contribution in [2.45, 2.75) is 44.1 Å². The first-order valence-electron chi connectivity index (χ1n) is 5.12. The van der Waals surface area contributed by atoms with Crippen LogP contribution >= 0.6 is 12.4 Å². The fourth-order valence-electron chi connectivity index (χ4n) is 2.51. The molecule has 0 atom stereocenters. The summed E-state index contributed by atoms with van der Waals surface area (Å²) in [4.78, 5) is 0. The molecule has 0 aromatic rings. The Bertz CT molecular complexity index is 175. The van der Waals surface area contributed by atoms with Crippen LogP contribution in [0.1, 0.15) is 12.8 Å². The minimum Gasteiger partial charge on any atom is -0.383 e. The molecule has 0 aromatic heterocycles. The second kappa shape index (κ2) is 4.97. The first kappa shape index (κ1) is 14.4. The molecule has 0 aromatic carbocycles. The zero-order valence-corrected chi connectivity index (χ0v) is 11.6. The van der Waals surface area contributed by atoms with Crippen LogP contribution in [0.5, 0.6) is 0 Å². The van der Waals surface area contributed by atoms with E-state index >= 15 is 0 Å². The second-order valence-electron chi connectivity index (χ2n) is 5.83. The van der Waals surface area contributed by atoms with Gasteiger partial charge in [0, 0.05) is 20.7 Å². The Morgan fingerprint density at radius 3 is 2.21 bits per heavy atom. The molecule has 0 unspecified atom stereocenters. The fraction of sp³-hybridized carbons (Fsp3) is 1.00. The Kier molecular flexibility index (Phi) is 5.12. The van der Waals surface area contributed by atoms with Gasteiger partial charge in [-0.15, -0.1) is 12.4 Å². The summed E-state index contributed by atoms with van der Waals surface area (Å²) in [6, 6.07) is 1.43. The molecule has 86 valence electrons. The highest BCUT2D eigenvalue weighted by molar-refractivity contribution is 6.76. The summed E-state index contributed by atoms with van der Waals surface area (Å²) in [7, 11) is 0.865. The van der Waals surface area contributed by atoms with E-state index < -0.39 is 8.07 Å². The number of nitrogens with two attached hydrogens (primary N) is 1. The number of rotatable bonds is 4.